The topological polar surface area (TPSA) is 79.1 Å². The van der Waals surface area contributed by atoms with Gasteiger partial charge in [0.2, 0.25) is 0 Å². The number of para-hydroxylation sites is 2. The number of benzene rings is 2. The third-order valence-corrected chi connectivity index (χ3v) is 2.86. The Hall–Kier alpha value is -2.95. The van der Waals surface area contributed by atoms with Crippen LogP contribution in [0.5, 0.6) is 11.5 Å². The molecule has 3 aromatic rings. The first-order valence-corrected chi connectivity index (χ1v) is 6.01. The molecule has 5 nitrogen and oxygen atoms in total. The van der Waals surface area contributed by atoms with Crippen LogP contribution in [0.4, 0.5) is 0 Å². The number of hydrogen-bond acceptors (Lipinski definition) is 5. The van der Waals surface area contributed by atoms with Gasteiger partial charge in [0, 0.05) is 0 Å². The van der Waals surface area contributed by atoms with Gasteiger partial charge in [-0.1, -0.05) is 24.3 Å². The van der Waals surface area contributed by atoms with E-state index in [1.165, 1.54) is 6.33 Å². The maximum Gasteiger partial charge on any atom is 0.167 e. The molecule has 0 bridgehead atoms. The maximum atomic E-state index is 9.83. The molecule has 0 aliphatic carbocycles. The number of aromatic hydroxyl groups is 2. The molecule has 1 aromatic heterocycles. The highest BCUT2D eigenvalue weighted by Gasteiger charge is 2.11. The van der Waals surface area contributed by atoms with Gasteiger partial charge in [-0.25, -0.2) is 15.0 Å². The zero-order valence-corrected chi connectivity index (χ0v) is 10.4. The van der Waals surface area contributed by atoms with Gasteiger partial charge >= 0.3 is 0 Å². The molecule has 5 heteroatoms. The zero-order valence-electron chi connectivity index (χ0n) is 10.4. The Morgan fingerprint density at radius 1 is 0.650 bits per heavy atom. The zero-order chi connectivity index (χ0) is 13.9. The van der Waals surface area contributed by atoms with Crippen molar-refractivity contribution in [2.75, 3.05) is 0 Å². The standard InChI is InChI=1S/C15H11N3O2/c19-12-7-3-1-5-10(12)14-16-9-17-15(18-14)11-6-2-4-8-13(11)20/h1-9,19-20H. The summed E-state index contributed by atoms with van der Waals surface area (Å²) in [5, 5.41) is 19.7. The van der Waals surface area contributed by atoms with Crippen molar-refractivity contribution in [3.05, 3.63) is 54.9 Å². The van der Waals surface area contributed by atoms with E-state index >= 15 is 0 Å². The van der Waals surface area contributed by atoms with E-state index in [2.05, 4.69) is 15.0 Å². The van der Waals surface area contributed by atoms with Crippen LogP contribution in [0.15, 0.2) is 54.9 Å². The SMILES string of the molecule is Oc1ccccc1-c1ncnc(-c2ccccc2O)n1. The Bertz CT molecular complexity index is 699. The Morgan fingerprint density at radius 2 is 1.10 bits per heavy atom. The highest BCUT2D eigenvalue weighted by Crippen LogP contribution is 2.29. The van der Waals surface area contributed by atoms with E-state index in [0.717, 1.165) is 0 Å². The minimum atomic E-state index is 0.0990. The molecular formula is C15H11N3O2. The van der Waals surface area contributed by atoms with Crippen molar-refractivity contribution in [2.24, 2.45) is 0 Å². The van der Waals surface area contributed by atoms with Crippen molar-refractivity contribution in [1.29, 1.82) is 0 Å². The van der Waals surface area contributed by atoms with Crippen LogP contribution < -0.4 is 0 Å². The monoisotopic (exact) mass is 265 g/mol. The van der Waals surface area contributed by atoms with Gasteiger partial charge in [-0.2, -0.15) is 0 Å². The maximum absolute atomic E-state index is 9.83. The molecule has 0 spiro atoms. The van der Waals surface area contributed by atoms with E-state index in [9.17, 15) is 10.2 Å². The van der Waals surface area contributed by atoms with E-state index < -0.39 is 0 Å². The fourth-order valence-electron chi connectivity index (χ4n) is 1.88. The van der Waals surface area contributed by atoms with Gasteiger partial charge in [-0.3, -0.25) is 0 Å². The molecule has 2 N–H and O–H groups in total. The summed E-state index contributed by atoms with van der Waals surface area (Å²) in [6, 6.07) is 13.6. The summed E-state index contributed by atoms with van der Waals surface area (Å²) in [6.07, 6.45) is 1.36. The average Bonchev–Trinajstić information content (AvgIpc) is 2.48. The molecule has 0 saturated carbocycles. The Kier molecular flexibility index (Phi) is 3.01. The van der Waals surface area contributed by atoms with E-state index in [-0.39, 0.29) is 11.5 Å². The van der Waals surface area contributed by atoms with Crippen molar-refractivity contribution in [3.8, 4) is 34.3 Å². The smallest absolute Gasteiger partial charge is 0.167 e. The van der Waals surface area contributed by atoms with Gasteiger partial charge < -0.3 is 10.2 Å². The van der Waals surface area contributed by atoms with Crippen molar-refractivity contribution >= 4 is 0 Å². The highest BCUT2D eigenvalue weighted by atomic mass is 16.3. The molecule has 0 aliphatic rings. The second kappa shape index (κ2) is 4.97. The van der Waals surface area contributed by atoms with Crippen LogP contribution in [-0.2, 0) is 0 Å². The van der Waals surface area contributed by atoms with E-state index in [0.29, 0.717) is 22.8 Å². The number of hydrogen-bond donors (Lipinski definition) is 2. The molecule has 0 unspecified atom stereocenters. The lowest BCUT2D eigenvalue weighted by Gasteiger charge is -2.05. The average molecular weight is 265 g/mol. The number of nitrogens with zero attached hydrogens (tertiary/aromatic N) is 3. The van der Waals surface area contributed by atoms with Crippen LogP contribution in [0.1, 0.15) is 0 Å². The molecule has 0 atom stereocenters. The molecule has 0 amide bonds. The normalized spacial score (nSPS) is 10.4. The van der Waals surface area contributed by atoms with E-state index in [4.69, 9.17) is 0 Å². The first-order chi connectivity index (χ1) is 9.75. The second-order valence-electron chi connectivity index (χ2n) is 4.17. The first-order valence-electron chi connectivity index (χ1n) is 6.01. The number of phenols is 2. The lowest BCUT2D eigenvalue weighted by atomic mass is 10.1. The summed E-state index contributed by atoms with van der Waals surface area (Å²) < 4.78 is 0. The van der Waals surface area contributed by atoms with E-state index in [1.54, 1.807) is 48.5 Å². The lowest BCUT2D eigenvalue weighted by Crippen LogP contribution is -1.95. The van der Waals surface area contributed by atoms with Crippen molar-refractivity contribution in [3.63, 3.8) is 0 Å². The number of aromatic nitrogens is 3. The van der Waals surface area contributed by atoms with Crippen LogP contribution >= 0.6 is 0 Å². The molecule has 1 heterocycles. The van der Waals surface area contributed by atoms with Gasteiger partial charge in [0.1, 0.15) is 17.8 Å². The van der Waals surface area contributed by atoms with Crippen LogP contribution in [-0.4, -0.2) is 25.2 Å². The minimum Gasteiger partial charge on any atom is -0.507 e. The number of phenolic OH excluding ortho intramolecular Hbond substituents is 2. The van der Waals surface area contributed by atoms with Crippen molar-refractivity contribution < 1.29 is 10.2 Å². The Morgan fingerprint density at radius 3 is 1.55 bits per heavy atom. The lowest BCUT2D eigenvalue weighted by molar-refractivity contribution is 0.477. The van der Waals surface area contributed by atoms with Gasteiger partial charge in [0.25, 0.3) is 0 Å². The summed E-state index contributed by atoms with van der Waals surface area (Å²) in [7, 11) is 0. The molecule has 0 saturated heterocycles. The summed E-state index contributed by atoms with van der Waals surface area (Å²) in [5.74, 6) is 0.913. The van der Waals surface area contributed by atoms with Gasteiger partial charge in [0.05, 0.1) is 11.1 Å². The molecular weight excluding hydrogens is 254 g/mol. The largest absolute Gasteiger partial charge is 0.507 e. The Labute approximate surface area is 115 Å². The molecule has 0 aliphatic heterocycles. The molecule has 98 valence electrons. The van der Waals surface area contributed by atoms with Crippen LogP contribution in [0.25, 0.3) is 22.8 Å². The van der Waals surface area contributed by atoms with Crippen LogP contribution in [0, 0.1) is 0 Å². The summed E-state index contributed by atoms with van der Waals surface area (Å²) in [5.41, 5.74) is 1.04. The predicted molar refractivity (Wildman–Crippen MR) is 74.0 cm³/mol. The first kappa shape index (κ1) is 12.1. The second-order valence-corrected chi connectivity index (χ2v) is 4.17. The fourth-order valence-corrected chi connectivity index (χ4v) is 1.88. The highest BCUT2D eigenvalue weighted by molar-refractivity contribution is 5.68. The molecule has 0 radical (unpaired) electrons. The van der Waals surface area contributed by atoms with Crippen molar-refractivity contribution in [1.82, 2.24) is 15.0 Å². The summed E-state index contributed by atoms with van der Waals surface area (Å²) in [4.78, 5) is 12.4. The Balaban J connectivity index is 2.12. The molecule has 20 heavy (non-hydrogen) atoms. The van der Waals surface area contributed by atoms with E-state index in [1.807, 2.05) is 0 Å². The van der Waals surface area contributed by atoms with Crippen LogP contribution in [0.2, 0.25) is 0 Å². The van der Waals surface area contributed by atoms with Gasteiger partial charge in [0.15, 0.2) is 11.6 Å². The number of rotatable bonds is 2. The molecule has 0 fully saturated rings. The van der Waals surface area contributed by atoms with Crippen molar-refractivity contribution in [2.45, 2.75) is 0 Å². The minimum absolute atomic E-state index is 0.0990. The summed E-state index contributed by atoms with van der Waals surface area (Å²) >= 11 is 0. The van der Waals surface area contributed by atoms with Crippen LogP contribution in [0.3, 0.4) is 0 Å². The predicted octanol–water partition coefficient (Wildman–Crippen LogP) is 2.62. The fraction of sp³-hybridized carbons (Fsp3) is 0. The molecule has 3 rings (SSSR count). The third kappa shape index (κ3) is 2.16. The van der Waals surface area contributed by atoms with Gasteiger partial charge in [-0.05, 0) is 24.3 Å². The quantitative estimate of drug-likeness (QED) is 0.744. The molecule has 2 aromatic carbocycles. The third-order valence-electron chi connectivity index (χ3n) is 2.86. The summed E-state index contributed by atoms with van der Waals surface area (Å²) in [6.45, 7) is 0. The van der Waals surface area contributed by atoms with Gasteiger partial charge in [-0.15, -0.1) is 0 Å².